The number of nitriles is 1. The lowest BCUT2D eigenvalue weighted by Gasteiger charge is -2.10. The van der Waals surface area contributed by atoms with E-state index in [-0.39, 0.29) is 12.1 Å². The molecule has 35 heavy (non-hydrogen) atoms. The molecule has 1 aromatic carbocycles. The van der Waals surface area contributed by atoms with Crippen molar-refractivity contribution in [3.8, 4) is 17.5 Å². The Labute approximate surface area is 201 Å². The SMILES string of the molecule is COc1ccc(-n2c(C)cc(/C=C(\C#N)C(=O)OCC(=O)NC(=O)NCc3ccco3)c2C)cc1. The van der Waals surface area contributed by atoms with E-state index in [1.165, 1.54) is 12.3 Å². The molecule has 180 valence electrons. The van der Waals surface area contributed by atoms with Gasteiger partial charge in [-0.3, -0.25) is 10.1 Å². The van der Waals surface area contributed by atoms with E-state index in [2.05, 4.69) is 5.32 Å². The van der Waals surface area contributed by atoms with E-state index in [9.17, 15) is 19.6 Å². The number of esters is 1. The summed E-state index contributed by atoms with van der Waals surface area (Å²) < 4.78 is 17.1. The molecule has 0 aliphatic carbocycles. The lowest BCUT2D eigenvalue weighted by molar-refractivity contribution is -0.144. The van der Waals surface area contributed by atoms with E-state index < -0.39 is 24.5 Å². The normalized spacial score (nSPS) is 10.9. The van der Waals surface area contributed by atoms with Gasteiger partial charge in [0.2, 0.25) is 0 Å². The predicted octanol–water partition coefficient (Wildman–Crippen LogP) is 3.17. The van der Waals surface area contributed by atoms with Gasteiger partial charge in [0.05, 0.1) is 19.9 Å². The lowest BCUT2D eigenvalue weighted by atomic mass is 10.1. The molecule has 0 spiro atoms. The van der Waals surface area contributed by atoms with Crippen LogP contribution in [0.4, 0.5) is 4.79 Å². The van der Waals surface area contributed by atoms with Crippen molar-refractivity contribution in [2.24, 2.45) is 0 Å². The minimum Gasteiger partial charge on any atom is -0.497 e. The highest BCUT2D eigenvalue weighted by atomic mass is 16.5. The number of carbonyl (C=O) groups excluding carboxylic acids is 3. The molecule has 3 amide bonds. The highest BCUT2D eigenvalue weighted by Crippen LogP contribution is 2.24. The van der Waals surface area contributed by atoms with Gasteiger partial charge in [0.15, 0.2) is 6.61 Å². The first-order valence-corrected chi connectivity index (χ1v) is 10.5. The van der Waals surface area contributed by atoms with Gasteiger partial charge in [-0.2, -0.15) is 5.26 Å². The van der Waals surface area contributed by atoms with Crippen LogP contribution in [-0.4, -0.2) is 36.2 Å². The molecule has 0 bridgehead atoms. The van der Waals surface area contributed by atoms with Crippen LogP contribution in [0.15, 0.2) is 58.7 Å². The second-order valence-electron chi connectivity index (χ2n) is 7.42. The van der Waals surface area contributed by atoms with Crippen LogP contribution >= 0.6 is 0 Å². The van der Waals surface area contributed by atoms with Gasteiger partial charge in [-0.05, 0) is 68.0 Å². The standard InChI is InChI=1S/C25H24N4O6/c1-16-11-18(17(2)29(16)20-6-8-21(33-3)9-7-20)12-19(13-26)24(31)35-15-23(30)28-25(32)27-14-22-5-4-10-34-22/h4-12H,14-15H2,1-3H3,(H2,27,28,30,32)/b19-12+. The zero-order valence-electron chi connectivity index (χ0n) is 19.5. The van der Waals surface area contributed by atoms with Crippen molar-refractivity contribution in [2.75, 3.05) is 13.7 Å². The number of hydrogen-bond acceptors (Lipinski definition) is 7. The van der Waals surface area contributed by atoms with Gasteiger partial charge < -0.3 is 23.8 Å². The monoisotopic (exact) mass is 476 g/mol. The number of rotatable bonds is 8. The number of hydrogen-bond donors (Lipinski definition) is 2. The van der Waals surface area contributed by atoms with Crippen molar-refractivity contribution in [2.45, 2.75) is 20.4 Å². The smallest absolute Gasteiger partial charge is 0.349 e. The van der Waals surface area contributed by atoms with E-state index in [1.807, 2.05) is 54.1 Å². The van der Waals surface area contributed by atoms with Crippen LogP contribution in [0.3, 0.4) is 0 Å². The van der Waals surface area contributed by atoms with Crippen molar-refractivity contribution >= 4 is 24.0 Å². The van der Waals surface area contributed by atoms with Gasteiger partial charge >= 0.3 is 12.0 Å². The zero-order valence-corrected chi connectivity index (χ0v) is 19.5. The molecule has 0 aliphatic rings. The molecule has 0 aliphatic heterocycles. The Kier molecular flexibility index (Phi) is 8.08. The molecule has 0 radical (unpaired) electrons. The van der Waals surface area contributed by atoms with E-state index in [0.717, 1.165) is 22.8 Å². The lowest BCUT2D eigenvalue weighted by Crippen LogP contribution is -2.41. The number of furan rings is 1. The Morgan fingerprint density at radius 3 is 2.54 bits per heavy atom. The minimum absolute atomic E-state index is 0.0855. The number of methoxy groups -OCH3 is 1. The molecule has 0 fully saturated rings. The first kappa shape index (κ1) is 24.9. The van der Waals surface area contributed by atoms with Gasteiger partial charge in [0.25, 0.3) is 5.91 Å². The molecule has 2 N–H and O–H groups in total. The maximum atomic E-state index is 12.4. The summed E-state index contributed by atoms with van der Waals surface area (Å²) in [5.74, 6) is -0.586. The minimum atomic E-state index is -0.979. The largest absolute Gasteiger partial charge is 0.497 e. The summed E-state index contributed by atoms with van der Waals surface area (Å²) in [4.78, 5) is 36.0. The fourth-order valence-corrected chi connectivity index (χ4v) is 3.35. The summed E-state index contributed by atoms with van der Waals surface area (Å²) >= 11 is 0. The number of aromatic nitrogens is 1. The molecule has 0 saturated carbocycles. The predicted molar refractivity (Wildman–Crippen MR) is 125 cm³/mol. The maximum absolute atomic E-state index is 12.4. The maximum Gasteiger partial charge on any atom is 0.349 e. The van der Waals surface area contributed by atoms with Gasteiger partial charge in [-0.15, -0.1) is 0 Å². The summed E-state index contributed by atoms with van der Waals surface area (Å²) in [5.41, 5.74) is 2.95. The van der Waals surface area contributed by atoms with Crippen molar-refractivity contribution in [1.29, 1.82) is 5.26 Å². The third-order valence-corrected chi connectivity index (χ3v) is 5.03. The third-order valence-electron chi connectivity index (χ3n) is 5.03. The topological polar surface area (TPSA) is 136 Å². The van der Waals surface area contributed by atoms with Crippen LogP contribution in [0.2, 0.25) is 0 Å². The number of nitrogens with zero attached hydrogens (tertiary/aromatic N) is 2. The molecule has 0 saturated heterocycles. The molecule has 10 heteroatoms. The van der Waals surface area contributed by atoms with Crippen molar-refractivity contribution in [1.82, 2.24) is 15.2 Å². The summed E-state index contributed by atoms with van der Waals surface area (Å²) in [7, 11) is 1.59. The number of nitrogens with one attached hydrogen (secondary N) is 2. The quantitative estimate of drug-likeness (QED) is 0.290. The summed E-state index contributed by atoms with van der Waals surface area (Å²) in [5, 5.41) is 13.9. The van der Waals surface area contributed by atoms with Crippen LogP contribution in [0.5, 0.6) is 5.75 Å². The van der Waals surface area contributed by atoms with Crippen molar-refractivity contribution in [3.63, 3.8) is 0 Å². The Bertz CT molecular complexity index is 1280. The van der Waals surface area contributed by atoms with E-state index in [1.54, 1.807) is 25.3 Å². The number of aryl methyl sites for hydroxylation is 1. The average Bonchev–Trinajstić information content (AvgIpc) is 3.47. The number of carbonyl (C=O) groups is 3. The molecule has 10 nitrogen and oxygen atoms in total. The van der Waals surface area contributed by atoms with Gasteiger partial charge in [0.1, 0.15) is 23.2 Å². The van der Waals surface area contributed by atoms with Crippen molar-refractivity contribution in [3.05, 3.63) is 77.0 Å². The number of amides is 3. The Morgan fingerprint density at radius 2 is 1.91 bits per heavy atom. The first-order valence-electron chi connectivity index (χ1n) is 10.5. The van der Waals surface area contributed by atoms with Gasteiger partial charge in [-0.25, -0.2) is 9.59 Å². The number of urea groups is 1. The van der Waals surface area contributed by atoms with Gasteiger partial charge in [0, 0.05) is 17.1 Å². The van der Waals surface area contributed by atoms with Crippen molar-refractivity contribution < 1.29 is 28.3 Å². The van der Waals surface area contributed by atoms with E-state index in [4.69, 9.17) is 13.9 Å². The second-order valence-corrected chi connectivity index (χ2v) is 7.42. The fourth-order valence-electron chi connectivity index (χ4n) is 3.35. The van der Waals surface area contributed by atoms with Gasteiger partial charge in [-0.1, -0.05) is 0 Å². The molecule has 0 unspecified atom stereocenters. The number of imide groups is 1. The first-order chi connectivity index (χ1) is 16.8. The number of benzene rings is 1. The van der Waals surface area contributed by atoms with Crippen LogP contribution < -0.4 is 15.4 Å². The Morgan fingerprint density at radius 1 is 1.17 bits per heavy atom. The van der Waals surface area contributed by atoms with Crippen LogP contribution in [0.1, 0.15) is 22.7 Å². The fraction of sp³-hybridized carbons (Fsp3) is 0.200. The number of ether oxygens (including phenoxy) is 2. The summed E-state index contributed by atoms with van der Waals surface area (Å²) in [6, 6.07) is 13.7. The molecule has 0 atom stereocenters. The van der Waals surface area contributed by atoms with Crippen LogP contribution in [0, 0.1) is 25.2 Å². The second kappa shape index (κ2) is 11.4. The van der Waals surface area contributed by atoms with E-state index >= 15 is 0 Å². The average molecular weight is 476 g/mol. The molecule has 3 aromatic rings. The molecule has 3 rings (SSSR count). The van der Waals surface area contributed by atoms with E-state index in [0.29, 0.717) is 11.3 Å². The Balaban J connectivity index is 1.61. The van der Waals surface area contributed by atoms with Crippen LogP contribution in [0.25, 0.3) is 11.8 Å². The Hall–Kier alpha value is -4.78. The molecule has 2 aromatic heterocycles. The molecular formula is C25H24N4O6. The summed E-state index contributed by atoms with van der Waals surface area (Å²) in [6.45, 7) is 3.12. The zero-order chi connectivity index (χ0) is 25.4. The summed E-state index contributed by atoms with van der Waals surface area (Å²) in [6.07, 6.45) is 2.86. The van der Waals surface area contributed by atoms with Crippen LogP contribution in [-0.2, 0) is 20.9 Å². The molecular weight excluding hydrogens is 452 g/mol. The highest BCUT2D eigenvalue weighted by molar-refractivity contribution is 6.00. The third kappa shape index (κ3) is 6.39. The highest BCUT2D eigenvalue weighted by Gasteiger charge is 2.17. The molecule has 2 heterocycles.